The number of carbonyl (C=O) groups excluding carboxylic acids is 1. The second kappa shape index (κ2) is 7.36. The average molecular weight is 391 g/mol. The van der Waals surface area contributed by atoms with E-state index in [2.05, 4.69) is 22.3 Å². The van der Waals surface area contributed by atoms with Gasteiger partial charge in [0, 0.05) is 18.0 Å². The molecule has 1 aliphatic heterocycles. The number of hydrogen-bond acceptors (Lipinski definition) is 5. The van der Waals surface area contributed by atoms with Gasteiger partial charge in [0.15, 0.2) is 5.82 Å². The largest absolute Gasteiger partial charge is 0.353 e. The van der Waals surface area contributed by atoms with Crippen molar-refractivity contribution in [2.75, 3.05) is 24.5 Å². The van der Waals surface area contributed by atoms with E-state index in [9.17, 15) is 4.79 Å². The highest BCUT2D eigenvalue weighted by molar-refractivity contribution is 7.19. The Morgan fingerprint density at radius 1 is 1.07 bits per heavy atom. The van der Waals surface area contributed by atoms with Gasteiger partial charge < -0.3 is 10.2 Å². The zero-order chi connectivity index (χ0) is 18.9. The first-order valence-electron chi connectivity index (χ1n) is 9.85. The average Bonchev–Trinajstić information content (AvgIpc) is 3.11. The molecule has 1 aromatic carbocycles. The SMILES string of the molecule is O=C1CN(c2nc(/C=C/c3ccccc3)nc3sc4c(c23)CCCC4)CCN1. The van der Waals surface area contributed by atoms with Crippen molar-refractivity contribution in [3.8, 4) is 0 Å². The van der Waals surface area contributed by atoms with E-state index in [0.29, 0.717) is 18.9 Å². The Balaban J connectivity index is 1.62. The molecule has 1 fully saturated rings. The van der Waals surface area contributed by atoms with Gasteiger partial charge in [-0.2, -0.15) is 0 Å². The van der Waals surface area contributed by atoms with Crippen molar-refractivity contribution in [1.29, 1.82) is 0 Å². The van der Waals surface area contributed by atoms with Gasteiger partial charge >= 0.3 is 0 Å². The number of aryl methyl sites for hydroxylation is 2. The first kappa shape index (κ1) is 17.4. The van der Waals surface area contributed by atoms with Gasteiger partial charge in [-0.25, -0.2) is 9.97 Å². The number of thiophene rings is 1. The number of carbonyl (C=O) groups is 1. The van der Waals surface area contributed by atoms with Crippen LogP contribution in [0.15, 0.2) is 30.3 Å². The summed E-state index contributed by atoms with van der Waals surface area (Å²) in [6.07, 6.45) is 8.70. The summed E-state index contributed by atoms with van der Waals surface area (Å²) in [5.41, 5.74) is 2.53. The molecule has 2 aliphatic rings. The zero-order valence-corrected chi connectivity index (χ0v) is 16.5. The molecule has 2 aromatic heterocycles. The van der Waals surface area contributed by atoms with Crippen LogP contribution in [0.5, 0.6) is 0 Å². The lowest BCUT2D eigenvalue weighted by Gasteiger charge is -2.28. The molecule has 3 aromatic rings. The van der Waals surface area contributed by atoms with Crippen LogP contribution in [-0.2, 0) is 17.6 Å². The van der Waals surface area contributed by atoms with Crippen LogP contribution in [0, 0.1) is 0 Å². The lowest BCUT2D eigenvalue weighted by molar-refractivity contribution is -0.120. The van der Waals surface area contributed by atoms with E-state index in [1.165, 1.54) is 28.7 Å². The van der Waals surface area contributed by atoms with Gasteiger partial charge in [-0.3, -0.25) is 4.79 Å². The number of piperazine rings is 1. The van der Waals surface area contributed by atoms with Gasteiger partial charge in [0.05, 0.1) is 11.9 Å². The van der Waals surface area contributed by atoms with E-state index in [1.54, 1.807) is 11.3 Å². The van der Waals surface area contributed by atoms with Crippen molar-refractivity contribution in [2.45, 2.75) is 25.7 Å². The summed E-state index contributed by atoms with van der Waals surface area (Å²) in [5, 5.41) is 4.08. The van der Waals surface area contributed by atoms with Gasteiger partial charge in [-0.1, -0.05) is 36.4 Å². The molecular formula is C22H22N4OS. The third-order valence-electron chi connectivity index (χ3n) is 5.38. The Labute approximate surface area is 168 Å². The summed E-state index contributed by atoms with van der Waals surface area (Å²) in [7, 11) is 0. The highest BCUT2D eigenvalue weighted by Crippen LogP contribution is 2.40. The molecule has 28 heavy (non-hydrogen) atoms. The minimum absolute atomic E-state index is 0.0588. The lowest BCUT2D eigenvalue weighted by Crippen LogP contribution is -2.48. The highest BCUT2D eigenvalue weighted by atomic mass is 32.1. The summed E-state index contributed by atoms with van der Waals surface area (Å²) in [4.78, 5) is 26.4. The van der Waals surface area contributed by atoms with Crippen LogP contribution < -0.4 is 10.2 Å². The third kappa shape index (κ3) is 3.29. The first-order valence-corrected chi connectivity index (χ1v) is 10.7. The van der Waals surface area contributed by atoms with Crippen molar-refractivity contribution < 1.29 is 4.79 Å². The number of rotatable bonds is 3. The number of amides is 1. The fourth-order valence-corrected chi connectivity index (χ4v) is 5.27. The Bertz CT molecular complexity index is 1060. The van der Waals surface area contributed by atoms with E-state index in [-0.39, 0.29) is 5.91 Å². The number of hydrogen-bond donors (Lipinski definition) is 1. The molecule has 5 nitrogen and oxygen atoms in total. The van der Waals surface area contributed by atoms with Crippen LogP contribution >= 0.6 is 11.3 Å². The van der Waals surface area contributed by atoms with Crippen molar-refractivity contribution in [1.82, 2.24) is 15.3 Å². The van der Waals surface area contributed by atoms with Crippen LogP contribution in [0.25, 0.3) is 22.4 Å². The molecule has 142 valence electrons. The Morgan fingerprint density at radius 2 is 1.93 bits per heavy atom. The number of anilines is 1. The summed E-state index contributed by atoms with van der Waals surface area (Å²) in [6.45, 7) is 1.80. The molecule has 0 atom stereocenters. The minimum atomic E-state index is 0.0588. The maximum absolute atomic E-state index is 12.0. The van der Waals surface area contributed by atoms with Crippen molar-refractivity contribution in [2.24, 2.45) is 0 Å². The Morgan fingerprint density at radius 3 is 2.79 bits per heavy atom. The van der Waals surface area contributed by atoms with Crippen LogP contribution in [0.4, 0.5) is 5.82 Å². The smallest absolute Gasteiger partial charge is 0.239 e. The van der Waals surface area contributed by atoms with Gasteiger partial charge in [-0.05, 0) is 42.9 Å². The predicted octanol–water partition coefficient (Wildman–Crippen LogP) is 3.68. The van der Waals surface area contributed by atoms with Gasteiger partial charge in [0.1, 0.15) is 10.6 Å². The maximum atomic E-state index is 12.0. The van der Waals surface area contributed by atoms with E-state index in [1.807, 2.05) is 30.4 Å². The molecule has 0 bridgehead atoms. The van der Waals surface area contributed by atoms with E-state index >= 15 is 0 Å². The van der Waals surface area contributed by atoms with Crippen LogP contribution in [0.2, 0.25) is 0 Å². The molecule has 3 heterocycles. The van der Waals surface area contributed by atoms with Crippen LogP contribution in [-0.4, -0.2) is 35.5 Å². The van der Waals surface area contributed by atoms with Crippen LogP contribution in [0.3, 0.4) is 0 Å². The molecule has 1 aliphatic carbocycles. The molecular weight excluding hydrogens is 368 g/mol. The molecule has 0 radical (unpaired) electrons. The third-order valence-corrected chi connectivity index (χ3v) is 6.56. The molecule has 0 spiro atoms. The van der Waals surface area contributed by atoms with E-state index < -0.39 is 0 Å². The standard InChI is InChI=1S/C22H22N4OS/c27-19-14-26(13-12-23-19)21-20-16-8-4-5-9-17(16)28-22(20)25-18(24-21)11-10-15-6-2-1-3-7-15/h1-3,6-7,10-11H,4-5,8-9,12-14H2,(H,23,27)/b11-10+. The Kier molecular flexibility index (Phi) is 4.56. The summed E-state index contributed by atoms with van der Waals surface area (Å²) in [6, 6.07) is 10.2. The zero-order valence-electron chi connectivity index (χ0n) is 15.6. The normalized spacial score (nSPS) is 17.1. The predicted molar refractivity (Wildman–Crippen MR) is 115 cm³/mol. The number of nitrogens with zero attached hydrogens (tertiary/aromatic N) is 3. The van der Waals surface area contributed by atoms with Crippen molar-refractivity contribution >= 4 is 45.4 Å². The fraction of sp³-hybridized carbons (Fsp3) is 0.318. The monoisotopic (exact) mass is 390 g/mol. The molecule has 6 heteroatoms. The number of benzene rings is 1. The van der Waals surface area contributed by atoms with Crippen molar-refractivity contribution in [3.63, 3.8) is 0 Å². The van der Waals surface area contributed by atoms with Gasteiger partial charge in [0.25, 0.3) is 0 Å². The highest BCUT2D eigenvalue weighted by Gasteiger charge is 2.26. The second-order valence-corrected chi connectivity index (χ2v) is 8.40. The summed E-state index contributed by atoms with van der Waals surface area (Å²) in [5.74, 6) is 1.69. The maximum Gasteiger partial charge on any atom is 0.239 e. The quantitative estimate of drug-likeness (QED) is 0.741. The Hall–Kier alpha value is -2.73. The molecule has 0 saturated carbocycles. The van der Waals surface area contributed by atoms with Gasteiger partial charge in [-0.15, -0.1) is 11.3 Å². The van der Waals surface area contributed by atoms with E-state index in [0.717, 1.165) is 35.6 Å². The van der Waals surface area contributed by atoms with Crippen LogP contribution in [0.1, 0.15) is 34.7 Å². The fourth-order valence-electron chi connectivity index (χ4n) is 4.01. The number of fused-ring (bicyclic) bond motifs is 3. The molecule has 1 amide bonds. The number of nitrogens with one attached hydrogen (secondary N) is 1. The summed E-state index contributed by atoms with van der Waals surface area (Å²) < 4.78 is 0. The molecule has 5 rings (SSSR count). The van der Waals surface area contributed by atoms with Gasteiger partial charge in [0.2, 0.25) is 5.91 Å². The van der Waals surface area contributed by atoms with Crippen molar-refractivity contribution in [3.05, 3.63) is 52.2 Å². The summed E-state index contributed by atoms with van der Waals surface area (Å²) >= 11 is 1.80. The minimum Gasteiger partial charge on any atom is -0.353 e. The molecule has 1 N–H and O–H groups in total. The first-order chi connectivity index (χ1) is 13.8. The topological polar surface area (TPSA) is 58.1 Å². The van der Waals surface area contributed by atoms with E-state index in [4.69, 9.17) is 9.97 Å². The molecule has 0 unspecified atom stereocenters. The number of aromatic nitrogens is 2. The second-order valence-electron chi connectivity index (χ2n) is 7.31. The lowest BCUT2D eigenvalue weighted by atomic mass is 9.97. The molecule has 1 saturated heterocycles.